The summed E-state index contributed by atoms with van der Waals surface area (Å²) in [6, 6.07) is -0.453. The molecule has 1 N–H and O–H groups in total. The Hall–Kier alpha value is -1.40. The van der Waals surface area contributed by atoms with Gasteiger partial charge in [-0.2, -0.15) is 8.78 Å². The van der Waals surface area contributed by atoms with Crippen LogP contribution in [0.25, 0.3) is 0 Å². The Balaban J connectivity index is 2.46. The highest BCUT2D eigenvalue weighted by molar-refractivity contribution is 5.83. The number of rotatable bonds is 2. The van der Waals surface area contributed by atoms with Crippen molar-refractivity contribution in [2.45, 2.75) is 51.7 Å². The zero-order chi connectivity index (χ0) is 14.8. The van der Waals surface area contributed by atoms with Crippen LogP contribution >= 0.6 is 0 Å². The van der Waals surface area contributed by atoms with E-state index in [0.29, 0.717) is 19.9 Å². The SMILES string of the molecule is CC(C)(C)OC(=O)N1CC[C@H](NC(=O)C(C)(F)F)C1. The number of carbonyl (C=O) groups excluding carboxylic acids is 2. The molecule has 0 bridgehead atoms. The van der Waals surface area contributed by atoms with E-state index in [0.717, 1.165) is 0 Å². The van der Waals surface area contributed by atoms with Crippen molar-refractivity contribution in [3.05, 3.63) is 0 Å². The van der Waals surface area contributed by atoms with Crippen molar-refractivity contribution in [1.82, 2.24) is 10.2 Å². The summed E-state index contributed by atoms with van der Waals surface area (Å²) in [7, 11) is 0. The van der Waals surface area contributed by atoms with E-state index in [1.807, 2.05) is 0 Å². The van der Waals surface area contributed by atoms with Gasteiger partial charge in [-0.1, -0.05) is 0 Å². The van der Waals surface area contributed by atoms with Gasteiger partial charge in [0.1, 0.15) is 5.60 Å². The molecular weight excluding hydrogens is 258 g/mol. The average molecular weight is 278 g/mol. The number of hydrogen-bond acceptors (Lipinski definition) is 3. The third-order valence-corrected chi connectivity index (χ3v) is 2.57. The van der Waals surface area contributed by atoms with E-state index < -0.39 is 29.6 Å². The van der Waals surface area contributed by atoms with Crippen LogP contribution < -0.4 is 5.32 Å². The number of ether oxygens (including phenoxy) is 1. The highest BCUT2D eigenvalue weighted by Crippen LogP contribution is 2.17. The molecule has 0 aliphatic carbocycles. The van der Waals surface area contributed by atoms with Gasteiger partial charge in [0.2, 0.25) is 0 Å². The first-order chi connectivity index (χ1) is 8.49. The molecule has 0 aromatic rings. The maximum absolute atomic E-state index is 12.7. The fourth-order valence-corrected chi connectivity index (χ4v) is 1.68. The van der Waals surface area contributed by atoms with Crippen LogP contribution in [0.1, 0.15) is 34.1 Å². The van der Waals surface area contributed by atoms with E-state index in [9.17, 15) is 18.4 Å². The van der Waals surface area contributed by atoms with Gasteiger partial charge in [-0.3, -0.25) is 4.79 Å². The Bertz CT molecular complexity index is 361. The highest BCUT2D eigenvalue weighted by Gasteiger charge is 2.36. The standard InChI is InChI=1S/C12H20F2N2O3/c1-11(2,3)19-10(18)16-6-5-8(7-16)15-9(17)12(4,13)14/h8H,5-7H2,1-4H3,(H,15,17)/t8-/m0/s1. The maximum atomic E-state index is 12.7. The summed E-state index contributed by atoms with van der Waals surface area (Å²) in [6.45, 7) is 6.36. The Morgan fingerprint density at radius 1 is 1.26 bits per heavy atom. The van der Waals surface area contributed by atoms with Crippen LogP contribution in [-0.2, 0) is 9.53 Å². The van der Waals surface area contributed by atoms with Gasteiger partial charge >= 0.3 is 12.0 Å². The lowest BCUT2D eigenvalue weighted by Gasteiger charge is -2.24. The summed E-state index contributed by atoms with van der Waals surface area (Å²) < 4.78 is 30.6. The van der Waals surface area contributed by atoms with Gasteiger partial charge in [-0.15, -0.1) is 0 Å². The Morgan fingerprint density at radius 2 is 1.84 bits per heavy atom. The topological polar surface area (TPSA) is 58.6 Å². The number of nitrogens with one attached hydrogen (secondary N) is 1. The van der Waals surface area contributed by atoms with Gasteiger partial charge < -0.3 is 15.0 Å². The first kappa shape index (κ1) is 15.7. The quantitative estimate of drug-likeness (QED) is 0.837. The molecule has 110 valence electrons. The van der Waals surface area contributed by atoms with Crippen LogP contribution in [0.4, 0.5) is 13.6 Å². The number of likely N-dealkylation sites (tertiary alicyclic amines) is 1. The largest absolute Gasteiger partial charge is 0.444 e. The molecule has 0 saturated carbocycles. The van der Waals surface area contributed by atoms with Crippen molar-refractivity contribution >= 4 is 12.0 Å². The first-order valence-corrected chi connectivity index (χ1v) is 6.16. The van der Waals surface area contributed by atoms with E-state index in [4.69, 9.17) is 4.74 Å². The molecule has 5 nitrogen and oxygen atoms in total. The fraction of sp³-hybridized carbons (Fsp3) is 0.833. The molecule has 1 heterocycles. The van der Waals surface area contributed by atoms with E-state index in [1.165, 1.54) is 4.90 Å². The van der Waals surface area contributed by atoms with Crippen molar-refractivity contribution < 1.29 is 23.1 Å². The van der Waals surface area contributed by atoms with Crippen molar-refractivity contribution in [2.24, 2.45) is 0 Å². The molecule has 0 aromatic carbocycles. The lowest BCUT2D eigenvalue weighted by Crippen LogP contribution is -2.45. The molecule has 0 aromatic heterocycles. The minimum atomic E-state index is -3.40. The molecular formula is C12H20F2N2O3. The van der Waals surface area contributed by atoms with Crippen LogP contribution in [0.15, 0.2) is 0 Å². The van der Waals surface area contributed by atoms with Crippen LogP contribution in [0, 0.1) is 0 Å². The van der Waals surface area contributed by atoms with Crippen LogP contribution in [0.3, 0.4) is 0 Å². The highest BCUT2D eigenvalue weighted by atomic mass is 19.3. The minimum Gasteiger partial charge on any atom is -0.444 e. The fourth-order valence-electron chi connectivity index (χ4n) is 1.68. The number of halogens is 2. The molecule has 1 aliphatic heterocycles. The molecule has 0 spiro atoms. The third-order valence-electron chi connectivity index (χ3n) is 2.57. The van der Waals surface area contributed by atoms with Crippen molar-refractivity contribution in [1.29, 1.82) is 0 Å². The summed E-state index contributed by atoms with van der Waals surface area (Å²) in [6.07, 6.45) is -0.0475. The van der Waals surface area contributed by atoms with Gasteiger partial charge in [0.15, 0.2) is 0 Å². The molecule has 1 fully saturated rings. The second-order valence-corrected chi connectivity index (χ2v) is 5.77. The lowest BCUT2D eigenvalue weighted by atomic mass is 10.2. The third kappa shape index (κ3) is 5.00. The van der Waals surface area contributed by atoms with E-state index in [-0.39, 0.29) is 6.54 Å². The Labute approximate surface area is 111 Å². The molecule has 0 radical (unpaired) electrons. The van der Waals surface area contributed by atoms with Crippen molar-refractivity contribution in [3.63, 3.8) is 0 Å². The molecule has 1 atom stereocenters. The summed E-state index contributed by atoms with van der Waals surface area (Å²) >= 11 is 0. The van der Waals surface area contributed by atoms with Gasteiger partial charge in [0.25, 0.3) is 5.91 Å². The molecule has 1 saturated heterocycles. The molecule has 1 aliphatic rings. The van der Waals surface area contributed by atoms with Gasteiger partial charge in [-0.05, 0) is 27.2 Å². The van der Waals surface area contributed by atoms with Crippen molar-refractivity contribution in [2.75, 3.05) is 13.1 Å². The summed E-state index contributed by atoms with van der Waals surface area (Å²) in [5.41, 5.74) is -0.602. The second kappa shape index (κ2) is 5.30. The smallest absolute Gasteiger partial charge is 0.410 e. The zero-order valence-corrected chi connectivity index (χ0v) is 11.6. The Morgan fingerprint density at radius 3 is 2.32 bits per heavy atom. The van der Waals surface area contributed by atoms with E-state index in [2.05, 4.69) is 5.32 Å². The molecule has 1 rings (SSSR count). The number of alkyl halides is 2. The molecule has 7 heteroatoms. The van der Waals surface area contributed by atoms with Crippen LogP contribution in [0.2, 0.25) is 0 Å². The first-order valence-electron chi connectivity index (χ1n) is 6.16. The molecule has 2 amide bonds. The van der Waals surface area contributed by atoms with E-state index in [1.54, 1.807) is 20.8 Å². The number of carbonyl (C=O) groups is 2. The predicted molar refractivity (Wildman–Crippen MR) is 65.0 cm³/mol. The monoisotopic (exact) mass is 278 g/mol. The molecule has 0 unspecified atom stereocenters. The minimum absolute atomic E-state index is 0.191. The van der Waals surface area contributed by atoms with Gasteiger partial charge in [0.05, 0.1) is 0 Å². The zero-order valence-electron chi connectivity index (χ0n) is 11.6. The maximum Gasteiger partial charge on any atom is 0.410 e. The van der Waals surface area contributed by atoms with E-state index >= 15 is 0 Å². The predicted octanol–water partition coefficient (Wildman–Crippen LogP) is 1.77. The Kier molecular flexibility index (Phi) is 4.37. The number of hydrogen-bond donors (Lipinski definition) is 1. The average Bonchev–Trinajstić information content (AvgIpc) is 2.62. The number of nitrogens with zero attached hydrogens (tertiary/aromatic N) is 1. The number of amides is 2. The summed E-state index contributed by atoms with van der Waals surface area (Å²) in [5.74, 6) is -4.72. The normalized spacial score (nSPS) is 20.3. The van der Waals surface area contributed by atoms with Crippen LogP contribution in [0.5, 0.6) is 0 Å². The second-order valence-electron chi connectivity index (χ2n) is 5.77. The molecule has 19 heavy (non-hydrogen) atoms. The van der Waals surface area contributed by atoms with Gasteiger partial charge in [0, 0.05) is 26.1 Å². The lowest BCUT2D eigenvalue weighted by molar-refractivity contribution is -0.143. The van der Waals surface area contributed by atoms with Gasteiger partial charge in [-0.25, -0.2) is 4.79 Å². The van der Waals surface area contributed by atoms with Crippen LogP contribution in [-0.4, -0.2) is 47.6 Å². The summed E-state index contributed by atoms with van der Waals surface area (Å²) in [5, 5.41) is 2.23. The summed E-state index contributed by atoms with van der Waals surface area (Å²) in [4.78, 5) is 24.3. The van der Waals surface area contributed by atoms with Crippen molar-refractivity contribution in [3.8, 4) is 0 Å².